The van der Waals surface area contributed by atoms with Gasteiger partial charge in [0.1, 0.15) is 37.0 Å². The van der Waals surface area contributed by atoms with Gasteiger partial charge in [-0.1, -0.05) is 29.8 Å². The fraction of sp³-hybridized carbons (Fsp3) is 0.190. The van der Waals surface area contributed by atoms with Crippen LogP contribution in [0.5, 0.6) is 5.75 Å². The molecule has 0 unspecified atom stereocenters. The van der Waals surface area contributed by atoms with Crippen LogP contribution < -0.4 is 15.4 Å². The third-order valence-electron chi connectivity index (χ3n) is 4.15. The van der Waals surface area contributed by atoms with Gasteiger partial charge in [-0.15, -0.1) is 0 Å². The Balaban J connectivity index is 1.97. The topological polar surface area (TPSA) is 85.4 Å². The molecule has 0 radical (unpaired) electrons. The Kier molecular flexibility index (Phi) is 8.15. The highest BCUT2D eigenvalue weighted by molar-refractivity contribution is 6.42. The number of nitrogens with zero attached hydrogens (tertiary/aromatic N) is 2. The van der Waals surface area contributed by atoms with Crippen molar-refractivity contribution < 1.29 is 23.0 Å². The second-order valence-corrected chi connectivity index (χ2v) is 7.12. The van der Waals surface area contributed by atoms with Crippen LogP contribution in [0.2, 0.25) is 10.0 Å². The fourth-order valence-corrected chi connectivity index (χ4v) is 3.01. The lowest BCUT2D eigenvalue weighted by Crippen LogP contribution is -2.12. The number of amides is 1. The van der Waals surface area contributed by atoms with Gasteiger partial charge in [0.05, 0.1) is 40.2 Å². The van der Waals surface area contributed by atoms with Gasteiger partial charge in [-0.3, -0.25) is 4.79 Å². The zero-order valence-electron chi connectivity index (χ0n) is 16.6. The lowest BCUT2D eigenvalue weighted by Gasteiger charge is -2.15. The van der Waals surface area contributed by atoms with E-state index in [1.165, 1.54) is 12.4 Å². The van der Waals surface area contributed by atoms with E-state index in [0.717, 1.165) is 12.1 Å². The van der Waals surface area contributed by atoms with Crippen LogP contribution in [0.3, 0.4) is 0 Å². The van der Waals surface area contributed by atoms with Crippen LogP contribution in [-0.2, 0) is 9.53 Å². The van der Waals surface area contributed by atoms with Gasteiger partial charge < -0.3 is 20.1 Å². The summed E-state index contributed by atoms with van der Waals surface area (Å²) >= 11 is 11.8. The van der Waals surface area contributed by atoms with Crippen molar-refractivity contribution in [2.24, 2.45) is 0 Å². The first-order valence-corrected chi connectivity index (χ1v) is 10.1. The number of nitrogens with one attached hydrogen (secondary N) is 2. The Morgan fingerprint density at radius 1 is 1.09 bits per heavy atom. The number of carbonyl (C=O) groups is 1. The number of carbonyl (C=O) groups excluding carboxylic acids is 1. The number of alkyl halides is 1. The van der Waals surface area contributed by atoms with E-state index in [-0.39, 0.29) is 41.4 Å². The molecule has 1 amide bonds. The molecule has 0 spiro atoms. The van der Waals surface area contributed by atoms with Crippen LogP contribution in [0.25, 0.3) is 10.9 Å². The number of aromatic nitrogens is 2. The Labute approximate surface area is 192 Å². The average molecular weight is 483 g/mol. The molecule has 1 heterocycles. The van der Waals surface area contributed by atoms with Crippen molar-refractivity contribution in [2.75, 3.05) is 37.1 Å². The Morgan fingerprint density at radius 3 is 2.62 bits per heavy atom. The quantitative estimate of drug-likeness (QED) is 0.231. The molecule has 1 aromatic heterocycles. The maximum absolute atomic E-state index is 14.3. The van der Waals surface area contributed by atoms with Crippen molar-refractivity contribution in [2.45, 2.75) is 0 Å². The molecule has 32 heavy (non-hydrogen) atoms. The third kappa shape index (κ3) is 5.82. The van der Waals surface area contributed by atoms with Crippen molar-refractivity contribution in [3.8, 4) is 5.75 Å². The number of anilines is 3. The van der Waals surface area contributed by atoms with Gasteiger partial charge in [-0.25, -0.2) is 18.7 Å². The molecule has 0 saturated heterocycles. The molecular formula is C21H18Cl2F2N4O3. The van der Waals surface area contributed by atoms with Gasteiger partial charge in [-0.2, -0.15) is 0 Å². The molecule has 0 bridgehead atoms. The van der Waals surface area contributed by atoms with Crippen molar-refractivity contribution in [1.29, 1.82) is 0 Å². The number of rotatable bonds is 10. The zero-order valence-corrected chi connectivity index (χ0v) is 18.1. The van der Waals surface area contributed by atoms with E-state index in [0.29, 0.717) is 22.3 Å². The minimum Gasteiger partial charge on any atom is -0.489 e. The van der Waals surface area contributed by atoms with Crippen LogP contribution in [-0.4, -0.2) is 42.4 Å². The lowest BCUT2D eigenvalue weighted by atomic mass is 10.1. The zero-order chi connectivity index (χ0) is 23.1. The third-order valence-corrected chi connectivity index (χ3v) is 4.87. The fourth-order valence-electron chi connectivity index (χ4n) is 2.70. The normalized spacial score (nSPS) is 10.8. The second-order valence-electron chi connectivity index (χ2n) is 6.30. The molecule has 11 heteroatoms. The summed E-state index contributed by atoms with van der Waals surface area (Å²) in [6.45, 7) is 3.08. The molecule has 168 valence electrons. The molecule has 0 aliphatic rings. The minimum absolute atomic E-state index is 0.0331. The average Bonchev–Trinajstić information content (AvgIpc) is 2.77. The summed E-state index contributed by atoms with van der Waals surface area (Å²) in [5.74, 6) is -0.523. The number of ether oxygens (including phenoxy) is 2. The molecule has 0 fully saturated rings. The van der Waals surface area contributed by atoms with Crippen molar-refractivity contribution in [1.82, 2.24) is 9.97 Å². The number of hydrogen-bond donors (Lipinski definition) is 2. The Morgan fingerprint density at radius 2 is 1.88 bits per heavy atom. The molecule has 3 aromatic rings. The van der Waals surface area contributed by atoms with Crippen molar-refractivity contribution in [3.05, 3.63) is 59.1 Å². The summed E-state index contributed by atoms with van der Waals surface area (Å²) in [5.41, 5.74) is 0.820. The van der Waals surface area contributed by atoms with Crippen LogP contribution in [0.1, 0.15) is 0 Å². The van der Waals surface area contributed by atoms with E-state index in [1.54, 1.807) is 12.1 Å². The first kappa shape index (κ1) is 23.6. The number of fused-ring (bicyclic) bond motifs is 1. The summed E-state index contributed by atoms with van der Waals surface area (Å²) in [5, 5.41) is 6.22. The van der Waals surface area contributed by atoms with E-state index < -0.39 is 18.4 Å². The highest BCUT2D eigenvalue weighted by Gasteiger charge is 2.15. The van der Waals surface area contributed by atoms with Crippen LogP contribution in [0.15, 0.2) is 43.2 Å². The van der Waals surface area contributed by atoms with Gasteiger partial charge in [0.2, 0.25) is 5.91 Å². The van der Waals surface area contributed by atoms with Crippen molar-refractivity contribution in [3.63, 3.8) is 0 Å². The molecule has 0 saturated carbocycles. The van der Waals surface area contributed by atoms with Crippen LogP contribution in [0.4, 0.5) is 26.0 Å². The van der Waals surface area contributed by atoms with Crippen LogP contribution >= 0.6 is 23.2 Å². The number of hydrogen-bond acceptors (Lipinski definition) is 6. The maximum atomic E-state index is 14.3. The monoisotopic (exact) mass is 482 g/mol. The predicted molar refractivity (Wildman–Crippen MR) is 120 cm³/mol. The van der Waals surface area contributed by atoms with E-state index >= 15 is 0 Å². The summed E-state index contributed by atoms with van der Waals surface area (Å²) in [4.78, 5) is 20.3. The van der Waals surface area contributed by atoms with E-state index in [1.807, 2.05) is 0 Å². The summed E-state index contributed by atoms with van der Waals surface area (Å²) in [6, 6.07) is 5.58. The minimum atomic E-state index is -0.625. The lowest BCUT2D eigenvalue weighted by molar-refractivity contribution is -0.111. The summed E-state index contributed by atoms with van der Waals surface area (Å²) in [6.07, 6.45) is 2.39. The Bertz CT molecular complexity index is 1150. The van der Waals surface area contributed by atoms with Gasteiger partial charge in [0.15, 0.2) is 0 Å². The van der Waals surface area contributed by atoms with E-state index in [9.17, 15) is 13.6 Å². The van der Waals surface area contributed by atoms with E-state index in [2.05, 4.69) is 27.2 Å². The molecular weight excluding hydrogens is 465 g/mol. The first-order valence-electron chi connectivity index (χ1n) is 9.33. The predicted octanol–water partition coefficient (Wildman–Crippen LogP) is 5.31. The smallest absolute Gasteiger partial charge is 0.247 e. The number of benzene rings is 2. The first-order chi connectivity index (χ1) is 15.4. The van der Waals surface area contributed by atoms with Gasteiger partial charge >= 0.3 is 0 Å². The molecule has 2 N–H and O–H groups in total. The Hall–Kier alpha value is -3.01. The SMILES string of the molecule is C=CC(=O)Nc1cc2c(Nc3cc(Cl)c(Cl)cc3F)ncnc2cc1OCCOCCF. The van der Waals surface area contributed by atoms with Crippen LogP contribution in [0, 0.1) is 5.82 Å². The largest absolute Gasteiger partial charge is 0.489 e. The molecule has 7 nitrogen and oxygen atoms in total. The van der Waals surface area contributed by atoms with Gasteiger partial charge in [-0.05, 0) is 24.3 Å². The highest BCUT2D eigenvalue weighted by atomic mass is 35.5. The molecule has 2 aromatic carbocycles. The van der Waals surface area contributed by atoms with Crippen molar-refractivity contribution >= 4 is 57.2 Å². The molecule has 3 rings (SSSR count). The van der Waals surface area contributed by atoms with Gasteiger partial charge in [0.25, 0.3) is 0 Å². The van der Waals surface area contributed by atoms with Gasteiger partial charge in [0, 0.05) is 11.5 Å². The molecule has 0 aliphatic carbocycles. The second kappa shape index (κ2) is 11.0. The summed E-state index contributed by atoms with van der Waals surface area (Å²) in [7, 11) is 0. The highest BCUT2D eigenvalue weighted by Crippen LogP contribution is 2.35. The standard InChI is InChI=1S/C21H18Cl2F2N4O3/c1-2-20(30)28-18-7-12-16(10-19(18)32-6-5-31-4-3-24)26-11-27-21(12)29-17-9-14(23)13(22)8-15(17)25/h2,7-11H,1,3-6H2,(H,28,30)(H,26,27,29). The van der Waals surface area contributed by atoms with E-state index in [4.69, 9.17) is 32.7 Å². The maximum Gasteiger partial charge on any atom is 0.247 e. The molecule has 0 aliphatic heterocycles. The summed E-state index contributed by atoms with van der Waals surface area (Å²) < 4.78 is 37.2. The number of halogens is 4. The molecule has 0 atom stereocenters.